The second-order valence-electron chi connectivity index (χ2n) is 5.48. The predicted octanol–water partition coefficient (Wildman–Crippen LogP) is 1.19. The van der Waals surface area contributed by atoms with Gasteiger partial charge in [-0.3, -0.25) is 0 Å². The Morgan fingerprint density at radius 3 is 2.42 bits per heavy atom. The largest absolute Gasteiger partial charge is 0.366 e. The molecule has 0 unspecified atom stereocenters. The van der Waals surface area contributed by atoms with Gasteiger partial charge in [-0.2, -0.15) is 4.52 Å². The van der Waals surface area contributed by atoms with Crippen LogP contribution in [-0.4, -0.2) is 32.9 Å². The zero-order valence-electron chi connectivity index (χ0n) is 11.0. The van der Waals surface area contributed by atoms with Gasteiger partial charge in [0.05, 0.1) is 0 Å². The summed E-state index contributed by atoms with van der Waals surface area (Å²) < 4.78 is 1.72. The Morgan fingerprint density at radius 2 is 1.63 bits per heavy atom. The number of aryl methyl sites for hydroxylation is 1. The zero-order valence-corrected chi connectivity index (χ0v) is 11.0. The normalized spacial score (nSPS) is 19.1. The summed E-state index contributed by atoms with van der Waals surface area (Å²) in [7, 11) is 0. The first-order chi connectivity index (χ1) is 9.34. The van der Waals surface area contributed by atoms with Crippen LogP contribution < -0.4 is 10.6 Å². The molecule has 2 aliphatic rings. The topological polar surface area (TPSA) is 72.3 Å². The highest BCUT2D eigenvalue weighted by atomic mass is 15.4. The van der Waals surface area contributed by atoms with E-state index in [1.807, 2.05) is 0 Å². The molecule has 1 aliphatic heterocycles. The fourth-order valence-electron chi connectivity index (χ4n) is 3.32. The first-order valence-electron chi connectivity index (χ1n) is 7.12. The van der Waals surface area contributed by atoms with Crippen molar-refractivity contribution in [1.29, 1.82) is 0 Å². The molecule has 4 rings (SSSR count). The van der Waals surface area contributed by atoms with E-state index in [4.69, 9.17) is 10.8 Å². The van der Waals surface area contributed by atoms with Crippen molar-refractivity contribution < 1.29 is 0 Å². The predicted molar refractivity (Wildman–Crippen MR) is 73.3 cm³/mol. The lowest BCUT2D eigenvalue weighted by Gasteiger charge is -2.24. The summed E-state index contributed by atoms with van der Waals surface area (Å²) in [4.78, 5) is 2.39. The smallest absolute Gasteiger partial charge is 0.243 e. The van der Waals surface area contributed by atoms with Crippen molar-refractivity contribution in [3.8, 4) is 0 Å². The number of hydrogen-bond acceptors (Lipinski definition) is 5. The minimum absolute atomic E-state index is 0.392. The van der Waals surface area contributed by atoms with Crippen LogP contribution in [0.4, 0.5) is 11.8 Å². The minimum atomic E-state index is 0.392. The minimum Gasteiger partial charge on any atom is -0.366 e. The van der Waals surface area contributed by atoms with Crippen LogP contribution in [-0.2, 0) is 12.8 Å². The summed E-state index contributed by atoms with van der Waals surface area (Å²) in [6, 6.07) is 0. The standard InChI is InChI=1S/C13H18N6/c14-13-16-15-11-9-5-1-2-6-10(9)12(17-19(11)13)18-7-3-4-8-18/h1-8H2,(H2,14,16). The van der Waals surface area contributed by atoms with Gasteiger partial charge in [-0.15, -0.1) is 15.3 Å². The first kappa shape index (κ1) is 11.0. The summed E-state index contributed by atoms with van der Waals surface area (Å²) >= 11 is 0. The van der Waals surface area contributed by atoms with Gasteiger partial charge in [-0.1, -0.05) is 0 Å². The molecule has 0 spiro atoms. The molecule has 0 atom stereocenters. The molecule has 6 nitrogen and oxygen atoms in total. The van der Waals surface area contributed by atoms with Gasteiger partial charge in [-0.05, 0) is 38.5 Å². The Morgan fingerprint density at radius 1 is 0.895 bits per heavy atom. The molecule has 1 aliphatic carbocycles. The van der Waals surface area contributed by atoms with Gasteiger partial charge in [0.2, 0.25) is 5.95 Å². The maximum atomic E-state index is 5.89. The average molecular weight is 258 g/mol. The third-order valence-electron chi connectivity index (χ3n) is 4.27. The maximum Gasteiger partial charge on any atom is 0.243 e. The lowest BCUT2D eigenvalue weighted by atomic mass is 9.93. The molecule has 0 bridgehead atoms. The third-order valence-corrected chi connectivity index (χ3v) is 4.27. The number of nitrogen functional groups attached to an aromatic ring is 1. The van der Waals surface area contributed by atoms with Crippen LogP contribution in [0, 0.1) is 0 Å². The van der Waals surface area contributed by atoms with Gasteiger partial charge >= 0.3 is 0 Å². The van der Waals surface area contributed by atoms with E-state index in [2.05, 4.69) is 15.1 Å². The molecule has 3 heterocycles. The average Bonchev–Trinajstić information content (AvgIpc) is 3.08. The molecule has 0 saturated carbocycles. The second-order valence-corrected chi connectivity index (χ2v) is 5.48. The molecule has 2 aromatic heterocycles. The van der Waals surface area contributed by atoms with E-state index in [0.717, 1.165) is 37.4 Å². The number of nitrogens with two attached hydrogens (primary N) is 1. The quantitative estimate of drug-likeness (QED) is 0.831. The molecule has 1 fully saturated rings. The number of anilines is 2. The van der Waals surface area contributed by atoms with Gasteiger partial charge in [0, 0.05) is 24.2 Å². The van der Waals surface area contributed by atoms with Crippen molar-refractivity contribution in [1.82, 2.24) is 19.8 Å². The summed E-state index contributed by atoms with van der Waals surface area (Å²) in [6.45, 7) is 2.21. The van der Waals surface area contributed by atoms with Gasteiger partial charge in [-0.25, -0.2) is 0 Å². The van der Waals surface area contributed by atoms with Gasteiger partial charge < -0.3 is 10.6 Å². The van der Waals surface area contributed by atoms with Crippen molar-refractivity contribution in [3.63, 3.8) is 0 Å². The van der Waals surface area contributed by atoms with E-state index in [0.29, 0.717) is 5.95 Å². The lowest BCUT2D eigenvalue weighted by molar-refractivity contribution is 0.671. The molecular weight excluding hydrogens is 240 g/mol. The third kappa shape index (κ3) is 1.59. The molecule has 2 aromatic rings. The van der Waals surface area contributed by atoms with Crippen LogP contribution in [0.3, 0.4) is 0 Å². The van der Waals surface area contributed by atoms with E-state index in [1.54, 1.807) is 4.52 Å². The van der Waals surface area contributed by atoms with Crippen LogP contribution in [0.1, 0.15) is 36.8 Å². The molecule has 0 amide bonds. The lowest BCUT2D eigenvalue weighted by Crippen LogP contribution is -2.24. The first-order valence-corrected chi connectivity index (χ1v) is 7.12. The van der Waals surface area contributed by atoms with Crippen LogP contribution >= 0.6 is 0 Å². The fraction of sp³-hybridized carbons (Fsp3) is 0.615. The summed E-state index contributed by atoms with van der Waals surface area (Å²) in [5.74, 6) is 1.51. The molecule has 0 aromatic carbocycles. The number of aromatic nitrogens is 4. The van der Waals surface area contributed by atoms with Crippen molar-refractivity contribution in [2.24, 2.45) is 0 Å². The van der Waals surface area contributed by atoms with Crippen molar-refractivity contribution in [3.05, 3.63) is 11.1 Å². The molecule has 0 radical (unpaired) electrons. The van der Waals surface area contributed by atoms with Crippen LogP contribution in [0.25, 0.3) is 5.65 Å². The summed E-state index contributed by atoms with van der Waals surface area (Å²) in [5, 5.41) is 12.9. The van der Waals surface area contributed by atoms with Crippen molar-refractivity contribution in [2.45, 2.75) is 38.5 Å². The number of rotatable bonds is 1. The highest BCUT2D eigenvalue weighted by Gasteiger charge is 2.25. The highest BCUT2D eigenvalue weighted by molar-refractivity contribution is 5.62. The van der Waals surface area contributed by atoms with E-state index < -0.39 is 0 Å². The second kappa shape index (κ2) is 4.08. The number of fused-ring (bicyclic) bond motifs is 3. The highest BCUT2D eigenvalue weighted by Crippen LogP contribution is 2.32. The number of hydrogen-bond donors (Lipinski definition) is 1. The van der Waals surface area contributed by atoms with Crippen molar-refractivity contribution in [2.75, 3.05) is 23.7 Å². The molecule has 1 saturated heterocycles. The van der Waals surface area contributed by atoms with Gasteiger partial charge in [0.1, 0.15) is 0 Å². The number of nitrogens with zero attached hydrogens (tertiary/aromatic N) is 5. The monoisotopic (exact) mass is 258 g/mol. The SMILES string of the molecule is Nc1nnc2c3c(c(N4CCCC4)nn12)CCCC3. The molecule has 100 valence electrons. The van der Waals surface area contributed by atoms with E-state index in [9.17, 15) is 0 Å². The van der Waals surface area contributed by atoms with Gasteiger partial charge in [0.25, 0.3) is 0 Å². The molecule has 2 N–H and O–H groups in total. The Kier molecular flexibility index (Phi) is 2.36. The Bertz CT molecular complexity index is 626. The van der Waals surface area contributed by atoms with Crippen LogP contribution in [0.2, 0.25) is 0 Å². The van der Waals surface area contributed by atoms with E-state index in [-0.39, 0.29) is 0 Å². The molecular formula is C13H18N6. The van der Waals surface area contributed by atoms with Crippen LogP contribution in [0.5, 0.6) is 0 Å². The zero-order chi connectivity index (χ0) is 12.8. The Labute approximate surface area is 111 Å². The van der Waals surface area contributed by atoms with Crippen LogP contribution in [0.15, 0.2) is 0 Å². The van der Waals surface area contributed by atoms with Crippen molar-refractivity contribution >= 4 is 17.4 Å². The Balaban J connectivity index is 1.97. The van der Waals surface area contributed by atoms with Gasteiger partial charge in [0.15, 0.2) is 11.5 Å². The summed E-state index contributed by atoms with van der Waals surface area (Å²) in [5.41, 5.74) is 9.44. The maximum absolute atomic E-state index is 5.89. The molecule has 6 heteroatoms. The van der Waals surface area contributed by atoms with E-state index in [1.165, 1.54) is 36.8 Å². The molecule has 19 heavy (non-hydrogen) atoms. The summed E-state index contributed by atoms with van der Waals surface area (Å²) in [6.07, 6.45) is 7.16. The Hall–Kier alpha value is -1.85. The van der Waals surface area contributed by atoms with E-state index >= 15 is 0 Å². The fourth-order valence-corrected chi connectivity index (χ4v) is 3.32.